The number of carboxylic acid groups (broad SMARTS) is 1. The number of aromatic nitrogens is 1. The van der Waals surface area contributed by atoms with Gasteiger partial charge in [0.05, 0.1) is 10.0 Å². The minimum atomic E-state index is -1.01. The van der Waals surface area contributed by atoms with Gasteiger partial charge in [0.15, 0.2) is 0 Å². The van der Waals surface area contributed by atoms with E-state index in [-0.39, 0.29) is 17.3 Å². The summed E-state index contributed by atoms with van der Waals surface area (Å²) in [4.78, 5) is 15.5. The molecule has 0 amide bonds. The average molecular weight is 353 g/mol. The maximum Gasteiger partial charge on any atom is 0.335 e. The second kappa shape index (κ2) is 6.22. The third-order valence-corrected chi connectivity index (χ3v) is 3.48. The summed E-state index contributed by atoms with van der Waals surface area (Å²) in [6, 6.07) is 7.45. The van der Waals surface area contributed by atoms with Crippen LogP contribution in [0.3, 0.4) is 0 Å². The van der Waals surface area contributed by atoms with Gasteiger partial charge in [0.1, 0.15) is 11.6 Å². The van der Waals surface area contributed by atoms with Crippen LogP contribution in [0.1, 0.15) is 35.8 Å². The van der Waals surface area contributed by atoms with Crippen LogP contribution in [-0.2, 0) is 0 Å². The molecule has 1 aromatic carbocycles. The number of hydrogen-bond acceptors (Lipinski definition) is 3. The fourth-order valence-electron chi connectivity index (χ4n) is 1.76. The van der Waals surface area contributed by atoms with Crippen LogP contribution in [0.5, 0.6) is 0 Å². The van der Waals surface area contributed by atoms with Gasteiger partial charge in [0, 0.05) is 11.4 Å². The van der Waals surface area contributed by atoms with Gasteiger partial charge in [0.25, 0.3) is 0 Å². The Morgan fingerprint density at radius 3 is 2.62 bits per heavy atom. The minimum absolute atomic E-state index is 0.102. The number of carboxylic acids is 1. The monoisotopic (exact) mass is 352 g/mol. The summed E-state index contributed by atoms with van der Waals surface area (Å²) in [6.45, 7) is 3.87. The van der Waals surface area contributed by atoms with Crippen molar-refractivity contribution in [3.63, 3.8) is 0 Å². The molecular formula is C15H14BrFN2O2. The van der Waals surface area contributed by atoms with Crippen molar-refractivity contribution in [2.24, 2.45) is 0 Å². The topological polar surface area (TPSA) is 62.2 Å². The summed E-state index contributed by atoms with van der Waals surface area (Å²) in [6.07, 6.45) is 0. The third kappa shape index (κ3) is 3.78. The van der Waals surface area contributed by atoms with Gasteiger partial charge in [-0.1, -0.05) is 13.8 Å². The van der Waals surface area contributed by atoms with Crippen molar-refractivity contribution in [1.82, 2.24) is 4.98 Å². The molecule has 0 aliphatic rings. The van der Waals surface area contributed by atoms with E-state index in [9.17, 15) is 9.18 Å². The van der Waals surface area contributed by atoms with Crippen LogP contribution in [-0.4, -0.2) is 16.1 Å². The van der Waals surface area contributed by atoms with Crippen LogP contribution in [0.2, 0.25) is 0 Å². The molecule has 4 nitrogen and oxygen atoms in total. The van der Waals surface area contributed by atoms with Crippen molar-refractivity contribution in [3.05, 3.63) is 51.9 Å². The summed E-state index contributed by atoms with van der Waals surface area (Å²) >= 11 is 3.11. The third-order valence-electron chi connectivity index (χ3n) is 2.88. The SMILES string of the molecule is CC(C)c1cc(C(=O)O)cc(Nc2ccc(F)c(Br)c2)n1. The average Bonchev–Trinajstić information content (AvgIpc) is 2.42. The van der Waals surface area contributed by atoms with E-state index in [2.05, 4.69) is 26.2 Å². The molecular weight excluding hydrogens is 339 g/mol. The molecule has 21 heavy (non-hydrogen) atoms. The van der Waals surface area contributed by atoms with E-state index in [4.69, 9.17) is 5.11 Å². The van der Waals surface area contributed by atoms with E-state index in [1.165, 1.54) is 12.1 Å². The van der Waals surface area contributed by atoms with E-state index < -0.39 is 5.97 Å². The molecule has 0 spiro atoms. The fourth-order valence-corrected chi connectivity index (χ4v) is 2.14. The number of aromatic carboxylic acids is 1. The van der Waals surface area contributed by atoms with E-state index in [1.807, 2.05) is 13.8 Å². The van der Waals surface area contributed by atoms with Gasteiger partial charge in [0.2, 0.25) is 0 Å². The van der Waals surface area contributed by atoms with E-state index in [1.54, 1.807) is 18.2 Å². The van der Waals surface area contributed by atoms with Gasteiger partial charge in [-0.05, 0) is 52.2 Å². The molecule has 0 radical (unpaired) electrons. The lowest BCUT2D eigenvalue weighted by atomic mass is 10.1. The predicted octanol–water partition coefficient (Wildman–Crippen LogP) is 4.55. The van der Waals surface area contributed by atoms with Crippen molar-refractivity contribution in [2.45, 2.75) is 19.8 Å². The van der Waals surface area contributed by atoms with Gasteiger partial charge >= 0.3 is 5.97 Å². The summed E-state index contributed by atoms with van der Waals surface area (Å²) < 4.78 is 13.5. The Morgan fingerprint density at radius 2 is 2.05 bits per heavy atom. The number of benzene rings is 1. The number of nitrogens with zero attached hydrogens (tertiary/aromatic N) is 1. The van der Waals surface area contributed by atoms with Crippen molar-refractivity contribution >= 4 is 33.4 Å². The molecule has 2 N–H and O–H groups in total. The number of nitrogens with one attached hydrogen (secondary N) is 1. The Bertz CT molecular complexity index is 689. The highest BCUT2D eigenvalue weighted by Gasteiger charge is 2.11. The Morgan fingerprint density at radius 1 is 1.33 bits per heavy atom. The summed E-state index contributed by atoms with van der Waals surface area (Å²) in [5.74, 6) is -0.861. The highest BCUT2D eigenvalue weighted by Crippen LogP contribution is 2.24. The molecule has 0 aliphatic carbocycles. The Balaban J connectivity index is 2.38. The standard InChI is InChI=1S/C15H14BrFN2O2/c1-8(2)13-5-9(15(20)21)6-14(19-13)18-10-3-4-12(17)11(16)7-10/h3-8H,1-2H3,(H,18,19)(H,20,21). The molecule has 0 bridgehead atoms. The quantitative estimate of drug-likeness (QED) is 0.847. The zero-order valence-corrected chi connectivity index (χ0v) is 13.1. The largest absolute Gasteiger partial charge is 0.478 e. The molecule has 0 atom stereocenters. The predicted molar refractivity (Wildman–Crippen MR) is 82.7 cm³/mol. The molecule has 6 heteroatoms. The van der Waals surface area contributed by atoms with Gasteiger partial charge in [-0.15, -0.1) is 0 Å². The molecule has 2 rings (SSSR count). The molecule has 2 aromatic rings. The fraction of sp³-hybridized carbons (Fsp3) is 0.200. The van der Waals surface area contributed by atoms with Gasteiger partial charge < -0.3 is 10.4 Å². The van der Waals surface area contributed by atoms with Gasteiger partial charge in [-0.3, -0.25) is 0 Å². The molecule has 0 fully saturated rings. The Labute approximate surface area is 130 Å². The summed E-state index contributed by atoms with van der Waals surface area (Å²) in [5.41, 5.74) is 1.46. The van der Waals surface area contributed by atoms with Crippen LogP contribution in [0.25, 0.3) is 0 Å². The van der Waals surface area contributed by atoms with Crippen LogP contribution < -0.4 is 5.32 Å². The van der Waals surface area contributed by atoms with Crippen LogP contribution in [0.4, 0.5) is 15.9 Å². The highest BCUT2D eigenvalue weighted by atomic mass is 79.9. The van der Waals surface area contributed by atoms with Crippen LogP contribution in [0.15, 0.2) is 34.8 Å². The van der Waals surface area contributed by atoms with Gasteiger partial charge in [-0.25, -0.2) is 14.2 Å². The Hall–Kier alpha value is -1.95. The van der Waals surface area contributed by atoms with Crippen molar-refractivity contribution in [1.29, 1.82) is 0 Å². The lowest BCUT2D eigenvalue weighted by molar-refractivity contribution is 0.0696. The number of anilines is 2. The number of pyridine rings is 1. The zero-order valence-electron chi connectivity index (χ0n) is 11.5. The van der Waals surface area contributed by atoms with Crippen LogP contribution >= 0.6 is 15.9 Å². The van der Waals surface area contributed by atoms with Gasteiger partial charge in [-0.2, -0.15) is 0 Å². The molecule has 0 saturated carbocycles. The summed E-state index contributed by atoms with van der Waals surface area (Å²) in [5, 5.41) is 12.1. The van der Waals surface area contributed by atoms with Crippen LogP contribution in [0, 0.1) is 5.82 Å². The highest BCUT2D eigenvalue weighted by molar-refractivity contribution is 9.10. The molecule has 110 valence electrons. The lowest BCUT2D eigenvalue weighted by Gasteiger charge is -2.11. The number of hydrogen-bond donors (Lipinski definition) is 2. The molecule has 0 unspecified atom stereocenters. The maximum absolute atomic E-state index is 13.2. The van der Waals surface area contributed by atoms with Crippen molar-refractivity contribution in [2.75, 3.05) is 5.32 Å². The first kappa shape index (κ1) is 15.4. The first-order valence-electron chi connectivity index (χ1n) is 6.34. The number of rotatable bonds is 4. The van der Waals surface area contributed by atoms with E-state index >= 15 is 0 Å². The Kier molecular flexibility index (Phi) is 4.57. The normalized spacial score (nSPS) is 10.7. The number of carbonyl (C=O) groups is 1. The smallest absolute Gasteiger partial charge is 0.335 e. The zero-order chi connectivity index (χ0) is 15.6. The first-order valence-corrected chi connectivity index (χ1v) is 7.13. The number of halogens is 2. The van der Waals surface area contributed by atoms with E-state index in [0.717, 1.165) is 0 Å². The molecule has 1 heterocycles. The second-order valence-corrected chi connectivity index (χ2v) is 5.73. The van der Waals surface area contributed by atoms with Crippen molar-refractivity contribution in [3.8, 4) is 0 Å². The first-order chi connectivity index (χ1) is 9.86. The maximum atomic E-state index is 13.2. The minimum Gasteiger partial charge on any atom is -0.478 e. The van der Waals surface area contributed by atoms with E-state index in [0.29, 0.717) is 21.7 Å². The molecule has 0 saturated heterocycles. The van der Waals surface area contributed by atoms with Crippen molar-refractivity contribution < 1.29 is 14.3 Å². The molecule has 1 aromatic heterocycles. The summed E-state index contributed by atoms with van der Waals surface area (Å²) in [7, 11) is 0. The second-order valence-electron chi connectivity index (χ2n) is 4.88. The molecule has 0 aliphatic heterocycles. The lowest BCUT2D eigenvalue weighted by Crippen LogP contribution is -2.04.